The molecule has 1 spiro atoms. The Bertz CT molecular complexity index is 884. The maximum absolute atomic E-state index is 12.5. The molecule has 5 aliphatic rings. The SMILES string of the molecule is CN(CC(=O)N1CCCC1)[C@H]1CC[C@H](O/C(N)=C2/C(=N)SC3=C2C2(CC3)C[C@@]2(C)O)CC1. The predicted molar refractivity (Wildman–Crippen MR) is 126 cm³/mol. The van der Waals surface area contributed by atoms with Gasteiger partial charge < -0.3 is 20.5 Å². The third-order valence-electron chi connectivity index (χ3n) is 8.44. The molecule has 4 N–H and O–H groups in total. The molecule has 176 valence electrons. The molecule has 2 saturated carbocycles. The molecule has 5 rings (SSSR count). The Morgan fingerprint density at radius 1 is 1.31 bits per heavy atom. The van der Waals surface area contributed by atoms with Gasteiger partial charge in [-0.1, -0.05) is 11.8 Å². The van der Waals surface area contributed by atoms with Gasteiger partial charge in [-0.15, -0.1) is 0 Å². The molecule has 2 atom stereocenters. The van der Waals surface area contributed by atoms with E-state index in [1.165, 1.54) is 16.7 Å². The molecule has 7 nitrogen and oxygen atoms in total. The minimum absolute atomic E-state index is 0.0425. The van der Waals surface area contributed by atoms with Crippen LogP contribution in [-0.4, -0.2) is 70.3 Å². The van der Waals surface area contributed by atoms with Gasteiger partial charge in [0.15, 0.2) is 5.88 Å². The summed E-state index contributed by atoms with van der Waals surface area (Å²) in [7, 11) is 2.06. The second-order valence-corrected chi connectivity index (χ2v) is 11.7. The van der Waals surface area contributed by atoms with Gasteiger partial charge in [-0.05, 0) is 82.2 Å². The van der Waals surface area contributed by atoms with E-state index in [1.807, 2.05) is 11.8 Å². The normalized spacial score (nSPS) is 38.1. The predicted octanol–water partition coefficient (Wildman–Crippen LogP) is 2.95. The standard InChI is InChI=1S/C24H36N4O3S/c1-23(30)14-24(23)10-9-17-20(24)19(22(26)32-17)21(25)31-16-7-5-15(6-8-16)27(2)13-18(29)28-11-3-4-12-28/h15-16,26,30H,3-14,25H2,1-2H3/b21-19+,26-22?/t15-,16-,23-,24?/m1/s1. The van der Waals surface area contributed by atoms with E-state index in [0.29, 0.717) is 23.5 Å². The van der Waals surface area contributed by atoms with Crippen LogP contribution in [0.4, 0.5) is 0 Å². The third kappa shape index (κ3) is 3.68. The third-order valence-corrected chi connectivity index (χ3v) is 9.50. The Balaban J connectivity index is 1.19. The second-order valence-electron chi connectivity index (χ2n) is 10.6. The van der Waals surface area contributed by atoms with Gasteiger partial charge in [-0.2, -0.15) is 0 Å². The number of amides is 1. The molecule has 0 bridgehead atoms. The Kier molecular flexibility index (Phi) is 5.62. The maximum atomic E-state index is 12.5. The van der Waals surface area contributed by atoms with Gasteiger partial charge in [-0.25, -0.2) is 0 Å². The van der Waals surface area contributed by atoms with E-state index in [9.17, 15) is 9.90 Å². The molecule has 1 amide bonds. The fourth-order valence-electron chi connectivity index (χ4n) is 6.36. The van der Waals surface area contributed by atoms with Gasteiger partial charge in [0.2, 0.25) is 5.91 Å². The van der Waals surface area contributed by atoms with Gasteiger partial charge >= 0.3 is 0 Å². The van der Waals surface area contributed by atoms with Crippen molar-refractivity contribution >= 4 is 22.7 Å². The first kappa shape index (κ1) is 22.3. The van der Waals surface area contributed by atoms with Crippen LogP contribution in [0, 0.1) is 10.8 Å². The molecule has 3 fully saturated rings. The minimum atomic E-state index is -0.698. The van der Waals surface area contributed by atoms with Crippen LogP contribution in [0.2, 0.25) is 0 Å². The molecule has 3 aliphatic carbocycles. The maximum Gasteiger partial charge on any atom is 0.236 e. The molecule has 1 saturated heterocycles. The zero-order valence-electron chi connectivity index (χ0n) is 19.3. The highest BCUT2D eigenvalue weighted by Gasteiger charge is 2.69. The lowest BCUT2D eigenvalue weighted by Crippen LogP contribution is -2.43. The van der Waals surface area contributed by atoms with Crippen molar-refractivity contribution < 1.29 is 14.6 Å². The molecule has 1 unspecified atom stereocenters. The molecule has 0 aromatic rings. The number of ether oxygens (including phenoxy) is 1. The first-order valence-electron chi connectivity index (χ1n) is 12.1. The lowest BCUT2D eigenvalue weighted by atomic mass is 9.88. The van der Waals surface area contributed by atoms with Crippen LogP contribution in [0.25, 0.3) is 0 Å². The molecule has 2 heterocycles. The van der Waals surface area contributed by atoms with Crippen LogP contribution in [-0.2, 0) is 9.53 Å². The monoisotopic (exact) mass is 460 g/mol. The summed E-state index contributed by atoms with van der Waals surface area (Å²) in [6.07, 6.45) is 8.66. The van der Waals surface area contributed by atoms with Crippen LogP contribution < -0.4 is 5.73 Å². The molecule has 0 aromatic heterocycles. The number of nitrogens with two attached hydrogens (primary N) is 1. The van der Waals surface area contributed by atoms with E-state index < -0.39 is 5.60 Å². The summed E-state index contributed by atoms with van der Waals surface area (Å²) in [4.78, 5) is 17.9. The van der Waals surface area contributed by atoms with Crippen LogP contribution >= 0.6 is 11.8 Å². The van der Waals surface area contributed by atoms with Crippen molar-refractivity contribution in [3.63, 3.8) is 0 Å². The number of nitrogens with zero attached hydrogens (tertiary/aromatic N) is 2. The molecule has 0 aromatic carbocycles. The van der Waals surface area contributed by atoms with Crippen molar-refractivity contribution in [3.8, 4) is 0 Å². The Labute approximate surface area is 194 Å². The number of fused-ring (bicyclic) bond motifs is 1. The molecular formula is C24H36N4O3S. The molecule has 0 radical (unpaired) electrons. The molecule has 32 heavy (non-hydrogen) atoms. The van der Waals surface area contributed by atoms with E-state index in [1.54, 1.807) is 0 Å². The van der Waals surface area contributed by atoms with Gasteiger partial charge in [-0.3, -0.25) is 15.1 Å². The summed E-state index contributed by atoms with van der Waals surface area (Å²) >= 11 is 1.49. The zero-order valence-corrected chi connectivity index (χ0v) is 20.1. The topological polar surface area (TPSA) is 103 Å². The van der Waals surface area contributed by atoms with Gasteiger partial charge in [0.1, 0.15) is 11.1 Å². The Morgan fingerprint density at radius 3 is 2.59 bits per heavy atom. The second kappa shape index (κ2) is 8.06. The quantitative estimate of drug-likeness (QED) is 0.545. The van der Waals surface area contributed by atoms with E-state index in [0.717, 1.165) is 82.0 Å². The number of thioether (sulfide) groups is 1. The molecule has 2 aliphatic heterocycles. The van der Waals surface area contributed by atoms with Crippen molar-refractivity contribution in [1.82, 2.24) is 9.80 Å². The first-order valence-corrected chi connectivity index (χ1v) is 12.9. The molecule has 8 heteroatoms. The van der Waals surface area contributed by atoms with Crippen LogP contribution in [0.3, 0.4) is 0 Å². The number of carbonyl (C=O) groups excluding carboxylic acids is 1. The number of likely N-dealkylation sites (tertiary alicyclic amines) is 1. The smallest absolute Gasteiger partial charge is 0.236 e. The number of allylic oxidation sites excluding steroid dienone is 1. The number of hydrogen-bond acceptors (Lipinski definition) is 7. The number of hydrogen-bond donors (Lipinski definition) is 3. The number of rotatable bonds is 5. The fraction of sp³-hybridized carbons (Fsp3) is 0.750. The van der Waals surface area contributed by atoms with Gasteiger partial charge in [0.25, 0.3) is 0 Å². The lowest BCUT2D eigenvalue weighted by Gasteiger charge is -2.35. The summed E-state index contributed by atoms with van der Waals surface area (Å²) in [6.45, 7) is 4.21. The fourth-order valence-corrected chi connectivity index (χ4v) is 7.51. The van der Waals surface area contributed by atoms with Crippen molar-refractivity contribution in [1.29, 1.82) is 5.41 Å². The average Bonchev–Trinajstić information content (AvgIpc) is 3.23. The van der Waals surface area contributed by atoms with E-state index in [-0.39, 0.29) is 17.4 Å². The summed E-state index contributed by atoms with van der Waals surface area (Å²) < 4.78 is 6.23. The summed E-state index contributed by atoms with van der Waals surface area (Å²) in [5, 5.41) is 19.6. The van der Waals surface area contributed by atoms with E-state index in [4.69, 9.17) is 15.9 Å². The van der Waals surface area contributed by atoms with E-state index in [2.05, 4.69) is 11.9 Å². The Morgan fingerprint density at radius 2 is 1.97 bits per heavy atom. The number of likely N-dealkylation sites (N-methyl/N-ethyl adjacent to an activating group) is 1. The summed E-state index contributed by atoms with van der Waals surface area (Å²) in [6, 6.07) is 0.393. The minimum Gasteiger partial charge on any atom is -0.476 e. The number of carbonyl (C=O) groups is 1. The van der Waals surface area contributed by atoms with Crippen molar-refractivity contribution in [2.24, 2.45) is 11.1 Å². The van der Waals surface area contributed by atoms with Crippen molar-refractivity contribution in [2.45, 2.75) is 82.5 Å². The first-order chi connectivity index (χ1) is 15.2. The van der Waals surface area contributed by atoms with Crippen molar-refractivity contribution in [3.05, 3.63) is 21.9 Å². The van der Waals surface area contributed by atoms with Crippen molar-refractivity contribution in [2.75, 3.05) is 26.7 Å². The van der Waals surface area contributed by atoms with Crippen LogP contribution in [0.5, 0.6) is 0 Å². The average molecular weight is 461 g/mol. The largest absolute Gasteiger partial charge is 0.476 e. The molecular weight excluding hydrogens is 424 g/mol. The van der Waals surface area contributed by atoms with Gasteiger partial charge in [0, 0.05) is 24.5 Å². The Hall–Kier alpha value is -1.51. The summed E-state index contributed by atoms with van der Waals surface area (Å²) in [5.41, 5.74) is 7.34. The highest BCUT2D eigenvalue weighted by Crippen LogP contribution is 2.72. The summed E-state index contributed by atoms with van der Waals surface area (Å²) in [5.74, 6) is 0.609. The number of aliphatic hydroxyl groups is 1. The lowest BCUT2D eigenvalue weighted by molar-refractivity contribution is -0.131. The van der Waals surface area contributed by atoms with Gasteiger partial charge in [0.05, 0.1) is 17.7 Å². The van der Waals surface area contributed by atoms with Crippen LogP contribution in [0.15, 0.2) is 21.9 Å². The zero-order chi connectivity index (χ0) is 22.7. The highest BCUT2D eigenvalue weighted by atomic mass is 32.2. The number of nitrogens with one attached hydrogen (secondary N) is 1. The highest BCUT2D eigenvalue weighted by molar-refractivity contribution is 8.18. The van der Waals surface area contributed by atoms with E-state index >= 15 is 0 Å². The van der Waals surface area contributed by atoms with Crippen LogP contribution in [0.1, 0.15) is 64.7 Å².